The molecule has 8 nitrogen and oxygen atoms in total. The second-order valence-corrected chi connectivity index (χ2v) is 8.44. The van der Waals surface area contributed by atoms with Gasteiger partial charge in [0.15, 0.2) is 5.96 Å². The summed E-state index contributed by atoms with van der Waals surface area (Å²) in [5.74, 6) is 2.56. The molecule has 2 fully saturated rings. The van der Waals surface area contributed by atoms with Crippen molar-refractivity contribution >= 4 is 29.9 Å². The molecule has 9 heteroatoms. The Morgan fingerprint density at radius 3 is 2.42 bits per heavy atom. The molecule has 0 aliphatic carbocycles. The summed E-state index contributed by atoms with van der Waals surface area (Å²) in [4.78, 5) is 11.7. The zero-order valence-electron chi connectivity index (χ0n) is 19.6. The smallest absolute Gasteiger partial charge is 0.191 e. The Morgan fingerprint density at radius 1 is 1.06 bits per heavy atom. The van der Waals surface area contributed by atoms with E-state index in [4.69, 9.17) is 9.47 Å². The summed E-state index contributed by atoms with van der Waals surface area (Å²) in [6, 6.07) is 6.98. The van der Waals surface area contributed by atoms with Crippen LogP contribution in [-0.4, -0.2) is 107 Å². The normalized spacial score (nSPS) is 23.3. The van der Waals surface area contributed by atoms with Crippen molar-refractivity contribution in [2.24, 2.45) is 4.99 Å². The van der Waals surface area contributed by atoms with Gasteiger partial charge in [0.1, 0.15) is 11.5 Å². The van der Waals surface area contributed by atoms with Gasteiger partial charge < -0.3 is 25.0 Å². The van der Waals surface area contributed by atoms with Gasteiger partial charge in [-0.25, -0.2) is 0 Å². The fourth-order valence-electron chi connectivity index (χ4n) is 4.23. The van der Waals surface area contributed by atoms with E-state index in [-0.39, 0.29) is 24.0 Å². The van der Waals surface area contributed by atoms with Gasteiger partial charge in [0, 0.05) is 71.0 Å². The van der Waals surface area contributed by atoms with Crippen molar-refractivity contribution in [2.45, 2.75) is 25.0 Å². The van der Waals surface area contributed by atoms with E-state index in [1.54, 1.807) is 14.2 Å². The largest absolute Gasteiger partial charge is 0.497 e. The molecule has 1 aromatic rings. The molecule has 2 aliphatic heterocycles. The topological polar surface area (TPSA) is 64.6 Å². The van der Waals surface area contributed by atoms with Crippen LogP contribution in [0, 0.1) is 0 Å². The van der Waals surface area contributed by atoms with Crippen molar-refractivity contribution in [2.75, 3.05) is 74.6 Å². The first kappa shape index (κ1) is 26.0. The summed E-state index contributed by atoms with van der Waals surface area (Å²) in [5.41, 5.74) is 1.21. The second-order valence-electron chi connectivity index (χ2n) is 8.44. The SMILES string of the molecule is CN=C(NCC1CN(C)CCN1C)NC1CCN(Cc2cc(OC)cc(OC)c2)C1.I. The molecular formula is C22H39IN6O2. The van der Waals surface area contributed by atoms with E-state index in [0.29, 0.717) is 12.1 Å². The molecule has 2 aliphatic rings. The third-order valence-corrected chi connectivity index (χ3v) is 6.14. The number of methoxy groups -OCH3 is 2. The number of piperazine rings is 1. The minimum Gasteiger partial charge on any atom is -0.497 e. The number of guanidine groups is 1. The fourth-order valence-corrected chi connectivity index (χ4v) is 4.23. The number of rotatable bonds is 7. The Bertz CT molecular complexity index is 697. The first-order valence-electron chi connectivity index (χ1n) is 10.8. The van der Waals surface area contributed by atoms with Crippen LogP contribution in [0.1, 0.15) is 12.0 Å². The van der Waals surface area contributed by atoms with Crippen LogP contribution in [0.15, 0.2) is 23.2 Å². The molecule has 176 valence electrons. The Balaban J connectivity index is 0.00000341. The molecule has 2 unspecified atom stereocenters. The standard InChI is InChI=1S/C22H38N6O2.HI/c1-23-22(24-13-19-16-26(2)8-9-27(19)3)25-18-6-7-28(15-18)14-17-10-20(29-4)12-21(11-17)30-5;/h10-12,18-19H,6-9,13-16H2,1-5H3,(H2,23,24,25);1H. The minimum absolute atomic E-state index is 0. The van der Waals surface area contributed by atoms with Crippen LogP contribution in [0.4, 0.5) is 0 Å². The van der Waals surface area contributed by atoms with E-state index in [1.165, 1.54) is 5.56 Å². The predicted molar refractivity (Wildman–Crippen MR) is 137 cm³/mol. The molecule has 0 aromatic heterocycles. The maximum absolute atomic E-state index is 5.40. The van der Waals surface area contributed by atoms with E-state index in [9.17, 15) is 0 Å². The highest BCUT2D eigenvalue weighted by atomic mass is 127. The third kappa shape index (κ3) is 7.65. The lowest BCUT2D eigenvalue weighted by Gasteiger charge is -2.38. The monoisotopic (exact) mass is 546 g/mol. The fraction of sp³-hybridized carbons (Fsp3) is 0.682. The molecule has 0 spiro atoms. The van der Waals surface area contributed by atoms with Crippen LogP contribution in [0.25, 0.3) is 0 Å². The Hall–Kier alpha value is -1.30. The molecule has 0 radical (unpaired) electrons. The van der Waals surface area contributed by atoms with Gasteiger partial charge in [-0.1, -0.05) is 0 Å². The van der Waals surface area contributed by atoms with Crippen molar-refractivity contribution in [3.8, 4) is 11.5 Å². The number of benzene rings is 1. The van der Waals surface area contributed by atoms with Crippen LogP contribution < -0.4 is 20.1 Å². The number of nitrogens with one attached hydrogen (secondary N) is 2. The van der Waals surface area contributed by atoms with E-state index in [0.717, 1.165) is 69.7 Å². The summed E-state index contributed by atoms with van der Waals surface area (Å²) in [6.45, 7) is 7.18. The molecule has 2 N–H and O–H groups in total. The maximum Gasteiger partial charge on any atom is 0.191 e. The van der Waals surface area contributed by atoms with Gasteiger partial charge in [0.25, 0.3) is 0 Å². The van der Waals surface area contributed by atoms with Crippen LogP contribution in [0.3, 0.4) is 0 Å². The maximum atomic E-state index is 5.40. The first-order chi connectivity index (χ1) is 14.5. The number of hydrogen-bond acceptors (Lipinski definition) is 6. The van der Waals surface area contributed by atoms with Crippen molar-refractivity contribution in [3.05, 3.63) is 23.8 Å². The van der Waals surface area contributed by atoms with Gasteiger partial charge in [-0.15, -0.1) is 24.0 Å². The molecule has 3 rings (SSSR count). The molecule has 2 atom stereocenters. The Kier molecular flexibility index (Phi) is 10.6. The van der Waals surface area contributed by atoms with Gasteiger partial charge in [-0.3, -0.25) is 14.8 Å². The van der Waals surface area contributed by atoms with E-state index in [1.807, 2.05) is 13.1 Å². The number of hydrogen-bond donors (Lipinski definition) is 2. The van der Waals surface area contributed by atoms with E-state index in [2.05, 4.69) is 56.6 Å². The van der Waals surface area contributed by atoms with Crippen LogP contribution >= 0.6 is 24.0 Å². The lowest BCUT2D eigenvalue weighted by Crippen LogP contribution is -2.56. The van der Waals surface area contributed by atoms with Crippen molar-refractivity contribution in [3.63, 3.8) is 0 Å². The highest BCUT2D eigenvalue weighted by molar-refractivity contribution is 14.0. The Labute approximate surface area is 204 Å². The molecule has 31 heavy (non-hydrogen) atoms. The average molecular weight is 546 g/mol. The van der Waals surface area contributed by atoms with E-state index < -0.39 is 0 Å². The molecule has 0 saturated carbocycles. The quantitative estimate of drug-likeness (QED) is 0.304. The summed E-state index contributed by atoms with van der Waals surface area (Å²) < 4.78 is 10.8. The van der Waals surface area contributed by atoms with Gasteiger partial charge in [-0.2, -0.15) is 0 Å². The van der Waals surface area contributed by atoms with Crippen LogP contribution in [-0.2, 0) is 6.54 Å². The van der Waals surface area contributed by atoms with Gasteiger partial charge in [0.05, 0.1) is 14.2 Å². The van der Waals surface area contributed by atoms with Gasteiger partial charge in [-0.05, 0) is 38.2 Å². The zero-order chi connectivity index (χ0) is 21.5. The summed E-state index contributed by atoms with van der Waals surface area (Å²) in [6.07, 6.45) is 1.11. The number of halogens is 1. The lowest BCUT2D eigenvalue weighted by atomic mass is 10.2. The summed E-state index contributed by atoms with van der Waals surface area (Å²) >= 11 is 0. The van der Waals surface area contributed by atoms with Crippen molar-refractivity contribution in [1.29, 1.82) is 0 Å². The van der Waals surface area contributed by atoms with Crippen molar-refractivity contribution in [1.82, 2.24) is 25.3 Å². The average Bonchev–Trinajstić information content (AvgIpc) is 3.19. The molecular weight excluding hydrogens is 507 g/mol. The highest BCUT2D eigenvalue weighted by Crippen LogP contribution is 2.24. The molecule has 2 heterocycles. The van der Waals surface area contributed by atoms with Gasteiger partial charge in [0.2, 0.25) is 0 Å². The minimum atomic E-state index is 0. The Morgan fingerprint density at radius 2 is 1.77 bits per heavy atom. The lowest BCUT2D eigenvalue weighted by molar-refractivity contribution is 0.116. The number of likely N-dealkylation sites (N-methyl/N-ethyl adjacent to an activating group) is 2. The first-order valence-corrected chi connectivity index (χ1v) is 10.8. The van der Waals surface area contributed by atoms with Crippen LogP contribution in [0.2, 0.25) is 0 Å². The number of likely N-dealkylation sites (tertiary alicyclic amines) is 1. The molecule has 1 aromatic carbocycles. The highest BCUT2D eigenvalue weighted by Gasteiger charge is 2.25. The van der Waals surface area contributed by atoms with E-state index >= 15 is 0 Å². The zero-order valence-corrected chi connectivity index (χ0v) is 21.9. The van der Waals surface area contributed by atoms with Gasteiger partial charge >= 0.3 is 0 Å². The predicted octanol–water partition coefficient (Wildman–Crippen LogP) is 1.31. The van der Waals surface area contributed by atoms with Crippen LogP contribution in [0.5, 0.6) is 11.5 Å². The van der Waals surface area contributed by atoms with Crippen molar-refractivity contribution < 1.29 is 9.47 Å². The number of ether oxygens (including phenoxy) is 2. The molecule has 0 bridgehead atoms. The summed E-state index contributed by atoms with van der Waals surface area (Å²) in [7, 11) is 9.63. The number of aliphatic imine (C=N–C) groups is 1. The number of nitrogens with zero attached hydrogens (tertiary/aromatic N) is 4. The molecule has 0 amide bonds. The second kappa shape index (κ2) is 12.7. The summed E-state index contributed by atoms with van der Waals surface area (Å²) in [5, 5.41) is 7.14. The molecule has 2 saturated heterocycles. The third-order valence-electron chi connectivity index (χ3n) is 6.14.